The van der Waals surface area contributed by atoms with Gasteiger partial charge in [-0.25, -0.2) is 0 Å². The number of hydrogen-bond donors (Lipinski definition) is 1. The van der Waals surface area contributed by atoms with Crippen LogP contribution in [0.5, 0.6) is 0 Å². The topological polar surface area (TPSA) is 60.9 Å². The summed E-state index contributed by atoms with van der Waals surface area (Å²) in [5.74, 6) is 5.58. The van der Waals surface area contributed by atoms with Crippen molar-refractivity contribution in [1.29, 1.82) is 0 Å². The maximum Gasteiger partial charge on any atom is 0.265 e. The van der Waals surface area contributed by atoms with Gasteiger partial charge in [-0.15, -0.1) is 11.3 Å². The number of fused-ring (bicyclic) bond motifs is 1. The van der Waals surface area contributed by atoms with Crippen molar-refractivity contribution in [2.45, 2.75) is 18.9 Å². The van der Waals surface area contributed by atoms with Crippen LogP contribution in [-0.2, 0) is 4.79 Å². The van der Waals surface area contributed by atoms with E-state index in [0.717, 1.165) is 6.42 Å². The normalized spacial score (nSPS) is 21.0. The Labute approximate surface area is 127 Å². The highest BCUT2D eigenvalue weighted by Gasteiger charge is 2.37. The summed E-state index contributed by atoms with van der Waals surface area (Å²) in [6.45, 7) is 1.59. The molecule has 2 saturated heterocycles. The Morgan fingerprint density at radius 3 is 3.14 bits per heavy atom. The second-order valence-corrected chi connectivity index (χ2v) is 6.07. The molecule has 2 amide bonds. The smallest absolute Gasteiger partial charge is 0.265 e. The second-order valence-electron chi connectivity index (χ2n) is 5.15. The fourth-order valence-corrected chi connectivity index (χ4v) is 3.72. The Morgan fingerprint density at radius 1 is 1.48 bits per heavy atom. The van der Waals surface area contributed by atoms with Gasteiger partial charge >= 0.3 is 0 Å². The number of rotatable bonds is 1. The molecule has 2 aliphatic rings. The minimum absolute atomic E-state index is 0.0220. The molecule has 110 valence electrons. The third-order valence-electron chi connectivity index (χ3n) is 3.94. The van der Waals surface area contributed by atoms with Crippen LogP contribution < -0.4 is 0 Å². The van der Waals surface area contributed by atoms with Gasteiger partial charge in [-0.2, -0.15) is 0 Å². The van der Waals surface area contributed by atoms with E-state index in [1.807, 2.05) is 15.2 Å². The molecule has 1 unspecified atom stereocenters. The number of hydrogen-bond acceptors (Lipinski definition) is 4. The Bertz CT molecular complexity index is 628. The minimum Gasteiger partial charge on any atom is -0.384 e. The lowest BCUT2D eigenvalue weighted by molar-refractivity contribution is -0.130. The van der Waals surface area contributed by atoms with Gasteiger partial charge in [-0.05, 0) is 17.9 Å². The molecule has 21 heavy (non-hydrogen) atoms. The molecule has 0 aromatic carbocycles. The third-order valence-corrected chi connectivity index (χ3v) is 4.85. The average Bonchev–Trinajstić information content (AvgIpc) is 3.11. The molecule has 1 N–H and O–H groups in total. The van der Waals surface area contributed by atoms with Crippen molar-refractivity contribution in [3.05, 3.63) is 21.9 Å². The van der Waals surface area contributed by atoms with Crippen LogP contribution in [0.15, 0.2) is 11.4 Å². The number of nitrogens with zero attached hydrogens (tertiary/aromatic N) is 2. The molecule has 0 bridgehead atoms. The molecule has 3 heterocycles. The molecule has 5 nitrogen and oxygen atoms in total. The zero-order valence-corrected chi connectivity index (χ0v) is 12.4. The molecular weight excluding hydrogens is 288 g/mol. The lowest BCUT2D eigenvalue weighted by Gasteiger charge is -2.37. The van der Waals surface area contributed by atoms with Crippen LogP contribution >= 0.6 is 11.3 Å². The number of aliphatic hydroxyl groups excluding tert-OH is 1. The number of piperazine rings is 1. The Morgan fingerprint density at radius 2 is 2.33 bits per heavy atom. The van der Waals surface area contributed by atoms with Gasteiger partial charge in [0.25, 0.3) is 5.91 Å². The van der Waals surface area contributed by atoms with E-state index in [1.165, 1.54) is 11.3 Å². The van der Waals surface area contributed by atoms with Crippen LogP contribution in [0.1, 0.15) is 28.1 Å². The number of thiophene rings is 1. The zero-order valence-electron chi connectivity index (χ0n) is 11.5. The van der Waals surface area contributed by atoms with E-state index in [9.17, 15) is 9.59 Å². The van der Waals surface area contributed by atoms with Gasteiger partial charge in [0.2, 0.25) is 5.91 Å². The lowest BCUT2D eigenvalue weighted by atomic mass is 10.1. The van der Waals surface area contributed by atoms with Gasteiger partial charge in [-0.1, -0.05) is 11.8 Å². The number of carbonyl (C=O) groups excluding carboxylic acids is 2. The highest BCUT2D eigenvalue weighted by Crippen LogP contribution is 2.25. The van der Waals surface area contributed by atoms with Gasteiger partial charge in [0, 0.05) is 37.7 Å². The molecule has 2 fully saturated rings. The van der Waals surface area contributed by atoms with Gasteiger partial charge in [0.1, 0.15) is 11.5 Å². The van der Waals surface area contributed by atoms with Crippen molar-refractivity contribution >= 4 is 23.2 Å². The van der Waals surface area contributed by atoms with Crippen molar-refractivity contribution in [2.75, 3.05) is 26.2 Å². The van der Waals surface area contributed by atoms with E-state index in [4.69, 9.17) is 5.11 Å². The number of amides is 2. The molecule has 1 aromatic rings. The molecule has 1 aromatic heterocycles. The lowest BCUT2D eigenvalue weighted by Crippen LogP contribution is -2.53. The maximum absolute atomic E-state index is 12.6. The van der Waals surface area contributed by atoms with Gasteiger partial charge in [-0.3, -0.25) is 9.59 Å². The number of aliphatic hydroxyl groups is 1. The largest absolute Gasteiger partial charge is 0.384 e. The molecule has 6 heteroatoms. The van der Waals surface area contributed by atoms with Crippen molar-refractivity contribution in [3.8, 4) is 11.8 Å². The van der Waals surface area contributed by atoms with Crippen molar-refractivity contribution in [2.24, 2.45) is 0 Å². The maximum atomic E-state index is 12.6. The molecule has 1 atom stereocenters. The predicted molar refractivity (Wildman–Crippen MR) is 78.9 cm³/mol. The van der Waals surface area contributed by atoms with Crippen LogP contribution in [0.2, 0.25) is 0 Å². The second kappa shape index (κ2) is 5.88. The Kier molecular flexibility index (Phi) is 3.95. The van der Waals surface area contributed by atoms with Gasteiger partial charge < -0.3 is 14.9 Å². The third kappa shape index (κ3) is 2.67. The SMILES string of the molecule is O=C(c1sccc1C#CCO)N1CCN2C(=O)CCC2C1. The molecule has 0 radical (unpaired) electrons. The summed E-state index contributed by atoms with van der Waals surface area (Å²) in [4.78, 5) is 28.6. The predicted octanol–water partition coefficient (Wildman–Crippen LogP) is 0.539. The van der Waals surface area contributed by atoms with E-state index in [0.29, 0.717) is 36.5 Å². The first-order valence-electron chi connectivity index (χ1n) is 6.96. The van der Waals surface area contributed by atoms with E-state index < -0.39 is 0 Å². The standard InChI is InChI=1S/C15H16N2O3S/c18-8-1-2-11-5-9-21-14(11)15(20)16-6-7-17-12(10-16)3-4-13(17)19/h5,9,12,18H,3-4,6-8,10H2. The molecule has 0 spiro atoms. The van der Waals surface area contributed by atoms with Crippen LogP contribution in [-0.4, -0.2) is 59.0 Å². The highest BCUT2D eigenvalue weighted by atomic mass is 32.1. The Balaban J connectivity index is 1.74. The first-order chi connectivity index (χ1) is 10.2. The van der Waals surface area contributed by atoms with Gasteiger partial charge in [0.15, 0.2) is 0 Å². The van der Waals surface area contributed by atoms with Crippen LogP contribution in [0.4, 0.5) is 0 Å². The van der Waals surface area contributed by atoms with E-state index in [-0.39, 0.29) is 24.5 Å². The monoisotopic (exact) mass is 304 g/mol. The van der Waals surface area contributed by atoms with E-state index in [1.54, 1.807) is 6.07 Å². The summed E-state index contributed by atoms with van der Waals surface area (Å²) in [5.41, 5.74) is 0.670. The van der Waals surface area contributed by atoms with Crippen LogP contribution in [0.3, 0.4) is 0 Å². The summed E-state index contributed by atoms with van der Waals surface area (Å²) >= 11 is 1.37. The minimum atomic E-state index is -0.216. The van der Waals surface area contributed by atoms with Crippen molar-refractivity contribution in [3.63, 3.8) is 0 Å². The van der Waals surface area contributed by atoms with Crippen LogP contribution in [0, 0.1) is 11.8 Å². The number of carbonyl (C=O) groups is 2. The van der Waals surface area contributed by atoms with Crippen LogP contribution in [0.25, 0.3) is 0 Å². The first-order valence-corrected chi connectivity index (χ1v) is 7.84. The fraction of sp³-hybridized carbons (Fsp3) is 0.467. The summed E-state index contributed by atoms with van der Waals surface area (Å²) in [6, 6.07) is 1.97. The molecular formula is C15H16N2O3S. The molecule has 0 saturated carbocycles. The summed E-state index contributed by atoms with van der Waals surface area (Å²) in [5, 5.41) is 10.6. The van der Waals surface area contributed by atoms with Crippen molar-refractivity contribution < 1.29 is 14.7 Å². The van der Waals surface area contributed by atoms with E-state index >= 15 is 0 Å². The molecule has 0 aliphatic carbocycles. The molecule has 2 aliphatic heterocycles. The quantitative estimate of drug-likeness (QED) is 0.770. The zero-order chi connectivity index (χ0) is 14.8. The van der Waals surface area contributed by atoms with E-state index in [2.05, 4.69) is 11.8 Å². The van der Waals surface area contributed by atoms with Crippen molar-refractivity contribution in [1.82, 2.24) is 9.80 Å². The average molecular weight is 304 g/mol. The molecule has 3 rings (SSSR count). The first kappa shape index (κ1) is 14.1. The van der Waals surface area contributed by atoms with Gasteiger partial charge in [0.05, 0.1) is 0 Å². The fourth-order valence-electron chi connectivity index (χ4n) is 2.90. The highest BCUT2D eigenvalue weighted by molar-refractivity contribution is 7.12. The summed E-state index contributed by atoms with van der Waals surface area (Å²) < 4.78 is 0. The summed E-state index contributed by atoms with van der Waals surface area (Å²) in [6.07, 6.45) is 1.43. The summed E-state index contributed by atoms with van der Waals surface area (Å²) in [7, 11) is 0. The Hall–Kier alpha value is -1.84.